The number of rotatable bonds is 4. The molecule has 0 unspecified atom stereocenters. The molecular weight excluding hydrogens is 322 g/mol. The molecule has 0 aromatic carbocycles. The molecule has 2 fully saturated rings. The van der Waals surface area contributed by atoms with Crippen molar-refractivity contribution in [2.75, 3.05) is 36.5 Å². The van der Waals surface area contributed by atoms with Crippen LogP contribution in [0, 0.1) is 12.8 Å². The van der Waals surface area contributed by atoms with Gasteiger partial charge in [0.05, 0.1) is 6.10 Å². The Kier molecular flexibility index (Phi) is 5.84. The molecule has 24 heavy (non-hydrogen) atoms. The van der Waals surface area contributed by atoms with E-state index in [0.717, 1.165) is 56.5 Å². The van der Waals surface area contributed by atoms with E-state index in [1.54, 1.807) is 0 Å². The minimum absolute atomic E-state index is 0.258. The molecule has 1 aromatic rings. The molecule has 0 bridgehead atoms. The van der Waals surface area contributed by atoms with E-state index in [0.29, 0.717) is 11.1 Å². The van der Waals surface area contributed by atoms with Crippen LogP contribution in [-0.4, -0.2) is 47.4 Å². The van der Waals surface area contributed by atoms with Gasteiger partial charge in [0.25, 0.3) is 0 Å². The van der Waals surface area contributed by atoms with Crippen LogP contribution in [-0.2, 0) is 4.74 Å². The zero-order valence-corrected chi connectivity index (χ0v) is 15.4. The van der Waals surface area contributed by atoms with Crippen LogP contribution in [0.5, 0.6) is 0 Å². The van der Waals surface area contributed by atoms with Crippen LogP contribution in [0.3, 0.4) is 0 Å². The summed E-state index contributed by atoms with van der Waals surface area (Å²) in [4.78, 5) is 11.4. The molecule has 0 amide bonds. The lowest BCUT2D eigenvalue weighted by atomic mass is 9.99. The van der Waals surface area contributed by atoms with Crippen LogP contribution in [0.15, 0.2) is 6.07 Å². The maximum absolute atomic E-state index is 5.59. The first-order valence-corrected chi connectivity index (χ1v) is 9.28. The third-order valence-electron chi connectivity index (χ3n) is 4.69. The molecule has 3 heterocycles. The second kappa shape index (κ2) is 8.07. The SMILES string of the molecule is Cc1cc(N2CCC(C)CC2)nc(NC(=S)NC[C@H]2CCCO2)n1. The van der Waals surface area contributed by atoms with Gasteiger partial charge in [0.1, 0.15) is 5.82 Å². The van der Waals surface area contributed by atoms with Crippen molar-refractivity contribution >= 4 is 29.1 Å². The first-order chi connectivity index (χ1) is 11.6. The summed E-state index contributed by atoms with van der Waals surface area (Å²) in [7, 11) is 0. The van der Waals surface area contributed by atoms with Gasteiger partial charge in [0.2, 0.25) is 5.95 Å². The molecule has 2 N–H and O–H groups in total. The van der Waals surface area contributed by atoms with Crippen molar-refractivity contribution in [2.24, 2.45) is 5.92 Å². The van der Waals surface area contributed by atoms with E-state index in [4.69, 9.17) is 17.0 Å². The Balaban J connectivity index is 1.57. The number of hydrogen-bond donors (Lipinski definition) is 2. The van der Waals surface area contributed by atoms with Crippen molar-refractivity contribution in [3.63, 3.8) is 0 Å². The average Bonchev–Trinajstić information content (AvgIpc) is 3.06. The number of nitrogens with one attached hydrogen (secondary N) is 2. The van der Waals surface area contributed by atoms with Crippen LogP contribution >= 0.6 is 12.2 Å². The fraction of sp³-hybridized carbons (Fsp3) is 0.706. The fourth-order valence-electron chi connectivity index (χ4n) is 3.17. The van der Waals surface area contributed by atoms with E-state index in [2.05, 4.69) is 32.4 Å². The minimum Gasteiger partial charge on any atom is -0.376 e. The standard InChI is InChI=1S/C17H27N5OS/c1-12-5-7-22(8-6-12)15-10-13(2)19-16(20-15)21-17(24)18-11-14-4-3-9-23-14/h10,12,14H,3-9,11H2,1-2H3,(H2,18,19,20,21,24)/t14-/m1/s1. The summed E-state index contributed by atoms with van der Waals surface area (Å²) in [6.45, 7) is 8.00. The Morgan fingerprint density at radius 3 is 2.83 bits per heavy atom. The van der Waals surface area contributed by atoms with Gasteiger partial charge < -0.3 is 20.3 Å². The zero-order valence-electron chi connectivity index (χ0n) is 14.5. The third kappa shape index (κ3) is 4.77. The highest BCUT2D eigenvalue weighted by molar-refractivity contribution is 7.80. The van der Waals surface area contributed by atoms with Crippen LogP contribution in [0.4, 0.5) is 11.8 Å². The van der Waals surface area contributed by atoms with E-state index < -0.39 is 0 Å². The van der Waals surface area contributed by atoms with Crippen molar-refractivity contribution in [1.29, 1.82) is 0 Å². The van der Waals surface area contributed by atoms with Crippen LogP contribution in [0.1, 0.15) is 38.3 Å². The first kappa shape index (κ1) is 17.4. The van der Waals surface area contributed by atoms with Crippen molar-refractivity contribution in [1.82, 2.24) is 15.3 Å². The smallest absolute Gasteiger partial charge is 0.231 e. The largest absolute Gasteiger partial charge is 0.376 e. The molecule has 1 aromatic heterocycles. The van der Waals surface area contributed by atoms with Crippen molar-refractivity contribution in [3.8, 4) is 0 Å². The monoisotopic (exact) mass is 349 g/mol. The fourth-order valence-corrected chi connectivity index (χ4v) is 3.34. The molecule has 3 rings (SSSR count). The average molecular weight is 350 g/mol. The molecule has 0 aliphatic carbocycles. The normalized spacial score (nSPS) is 21.8. The lowest BCUT2D eigenvalue weighted by Gasteiger charge is -2.31. The first-order valence-electron chi connectivity index (χ1n) is 8.87. The summed E-state index contributed by atoms with van der Waals surface area (Å²) >= 11 is 5.36. The summed E-state index contributed by atoms with van der Waals surface area (Å²) in [5, 5.41) is 6.86. The molecular formula is C17H27N5OS. The predicted octanol–water partition coefficient (Wildman–Crippen LogP) is 2.49. The molecule has 0 radical (unpaired) electrons. The second-order valence-electron chi connectivity index (χ2n) is 6.83. The highest BCUT2D eigenvalue weighted by Crippen LogP contribution is 2.22. The van der Waals surface area contributed by atoms with Crippen LogP contribution in [0.25, 0.3) is 0 Å². The second-order valence-corrected chi connectivity index (χ2v) is 7.24. The maximum atomic E-state index is 5.59. The van der Waals surface area contributed by atoms with Gasteiger partial charge in [-0.05, 0) is 50.7 Å². The topological polar surface area (TPSA) is 62.3 Å². The Bertz CT molecular complexity index is 568. The van der Waals surface area contributed by atoms with E-state index in [1.165, 1.54) is 12.8 Å². The molecule has 2 saturated heterocycles. The third-order valence-corrected chi connectivity index (χ3v) is 4.93. The summed E-state index contributed by atoms with van der Waals surface area (Å²) < 4.78 is 5.59. The summed E-state index contributed by atoms with van der Waals surface area (Å²) in [5.74, 6) is 2.35. The molecule has 6 nitrogen and oxygen atoms in total. The van der Waals surface area contributed by atoms with Crippen molar-refractivity contribution in [2.45, 2.75) is 45.6 Å². The summed E-state index contributed by atoms with van der Waals surface area (Å²) in [5.41, 5.74) is 0.947. The summed E-state index contributed by atoms with van der Waals surface area (Å²) in [6.07, 6.45) is 4.91. The lowest BCUT2D eigenvalue weighted by Crippen LogP contribution is -2.36. The highest BCUT2D eigenvalue weighted by Gasteiger charge is 2.19. The number of anilines is 2. The number of hydrogen-bond acceptors (Lipinski definition) is 5. The number of nitrogens with zero attached hydrogens (tertiary/aromatic N) is 3. The molecule has 2 aliphatic heterocycles. The Morgan fingerprint density at radius 2 is 2.12 bits per heavy atom. The van der Waals surface area contributed by atoms with Gasteiger partial charge in [0.15, 0.2) is 5.11 Å². The Labute approximate surface area is 149 Å². The molecule has 2 aliphatic rings. The molecule has 0 spiro atoms. The number of ether oxygens (including phenoxy) is 1. The van der Waals surface area contributed by atoms with E-state index in [1.807, 2.05) is 13.0 Å². The number of piperidine rings is 1. The predicted molar refractivity (Wildman–Crippen MR) is 101 cm³/mol. The van der Waals surface area contributed by atoms with Crippen LogP contribution in [0.2, 0.25) is 0 Å². The quantitative estimate of drug-likeness (QED) is 0.810. The van der Waals surface area contributed by atoms with Gasteiger partial charge in [-0.3, -0.25) is 0 Å². The van der Waals surface area contributed by atoms with Gasteiger partial charge in [-0.2, -0.15) is 4.98 Å². The highest BCUT2D eigenvalue weighted by atomic mass is 32.1. The minimum atomic E-state index is 0.258. The van der Waals surface area contributed by atoms with Gasteiger partial charge in [-0.15, -0.1) is 0 Å². The van der Waals surface area contributed by atoms with Gasteiger partial charge in [-0.25, -0.2) is 4.98 Å². The van der Waals surface area contributed by atoms with E-state index >= 15 is 0 Å². The molecule has 7 heteroatoms. The molecule has 132 valence electrons. The molecule has 1 atom stereocenters. The molecule has 0 saturated carbocycles. The van der Waals surface area contributed by atoms with E-state index in [9.17, 15) is 0 Å². The van der Waals surface area contributed by atoms with Crippen LogP contribution < -0.4 is 15.5 Å². The lowest BCUT2D eigenvalue weighted by molar-refractivity contribution is 0.114. The van der Waals surface area contributed by atoms with Crippen molar-refractivity contribution in [3.05, 3.63) is 11.8 Å². The summed E-state index contributed by atoms with van der Waals surface area (Å²) in [6, 6.07) is 2.05. The Morgan fingerprint density at radius 1 is 1.33 bits per heavy atom. The van der Waals surface area contributed by atoms with Crippen molar-refractivity contribution < 1.29 is 4.74 Å². The number of aromatic nitrogens is 2. The van der Waals surface area contributed by atoms with Gasteiger partial charge in [-0.1, -0.05) is 6.92 Å². The number of aryl methyl sites for hydroxylation is 1. The Hall–Kier alpha value is -1.47. The number of thiocarbonyl (C=S) groups is 1. The maximum Gasteiger partial charge on any atom is 0.231 e. The zero-order chi connectivity index (χ0) is 16.9. The van der Waals surface area contributed by atoms with Gasteiger partial charge >= 0.3 is 0 Å². The van der Waals surface area contributed by atoms with E-state index in [-0.39, 0.29) is 6.10 Å². The van der Waals surface area contributed by atoms with Gasteiger partial charge in [0, 0.05) is 38.0 Å².